The van der Waals surface area contributed by atoms with E-state index in [0.717, 1.165) is 6.92 Å². The smallest absolute Gasteiger partial charge is 0.256 e. The summed E-state index contributed by atoms with van der Waals surface area (Å²) in [6, 6.07) is -0.0587. The summed E-state index contributed by atoms with van der Waals surface area (Å²) in [5.74, 6) is -4.71. The molecule has 82 valence electrons. The van der Waals surface area contributed by atoms with E-state index in [-0.39, 0.29) is 6.04 Å². The lowest BCUT2D eigenvalue weighted by atomic mass is 10.0. The molecule has 3 nitrogen and oxygen atoms in total. The summed E-state index contributed by atoms with van der Waals surface area (Å²) in [6.45, 7) is 2.93. The molecule has 1 amide bonds. The van der Waals surface area contributed by atoms with Crippen LogP contribution in [0.15, 0.2) is 0 Å². The molecule has 0 radical (unpaired) electrons. The molecule has 0 aromatic heterocycles. The van der Waals surface area contributed by atoms with Gasteiger partial charge in [0.2, 0.25) is 5.91 Å². The van der Waals surface area contributed by atoms with Gasteiger partial charge in [-0.3, -0.25) is 4.79 Å². The lowest BCUT2D eigenvalue weighted by molar-refractivity contribution is -0.145. The van der Waals surface area contributed by atoms with Crippen molar-refractivity contribution in [1.29, 1.82) is 0 Å². The highest BCUT2D eigenvalue weighted by atomic mass is 19.3. The minimum Gasteiger partial charge on any atom is -0.341 e. The molecule has 2 atom stereocenters. The predicted molar refractivity (Wildman–Crippen MR) is 49.0 cm³/mol. The maximum Gasteiger partial charge on any atom is 0.256 e. The Kier molecular flexibility index (Phi) is 3.09. The first-order valence-corrected chi connectivity index (χ1v) is 4.74. The first-order valence-electron chi connectivity index (χ1n) is 4.74. The molecule has 1 aliphatic rings. The van der Waals surface area contributed by atoms with Crippen LogP contribution >= 0.6 is 0 Å². The van der Waals surface area contributed by atoms with Gasteiger partial charge in [0, 0.05) is 26.1 Å². The molecule has 2 N–H and O–H groups in total. The molecule has 5 heteroatoms. The molecule has 2 unspecified atom stereocenters. The highest BCUT2D eigenvalue weighted by Crippen LogP contribution is 2.26. The van der Waals surface area contributed by atoms with Crippen molar-refractivity contribution in [1.82, 2.24) is 4.90 Å². The van der Waals surface area contributed by atoms with E-state index in [9.17, 15) is 13.6 Å². The summed E-state index contributed by atoms with van der Waals surface area (Å²) in [5.41, 5.74) is 5.59. The number of amides is 1. The third kappa shape index (κ3) is 2.41. The van der Waals surface area contributed by atoms with Gasteiger partial charge < -0.3 is 10.6 Å². The number of alkyl halides is 2. The molecule has 0 aliphatic carbocycles. The van der Waals surface area contributed by atoms with E-state index in [1.807, 2.05) is 0 Å². The van der Waals surface area contributed by atoms with Gasteiger partial charge in [0.25, 0.3) is 5.92 Å². The van der Waals surface area contributed by atoms with Crippen molar-refractivity contribution in [3.8, 4) is 0 Å². The highest BCUT2D eigenvalue weighted by molar-refractivity contribution is 5.79. The van der Waals surface area contributed by atoms with E-state index in [1.54, 1.807) is 0 Å². The van der Waals surface area contributed by atoms with Gasteiger partial charge in [-0.2, -0.15) is 0 Å². The zero-order valence-corrected chi connectivity index (χ0v) is 8.46. The lowest BCUT2D eigenvalue weighted by Crippen LogP contribution is -2.41. The van der Waals surface area contributed by atoms with Gasteiger partial charge in [0.1, 0.15) is 0 Å². The second-order valence-electron chi connectivity index (χ2n) is 4.01. The molecular formula is C9H16F2N2O. The monoisotopic (exact) mass is 206 g/mol. The molecule has 1 saturated heterocycles. The molecule has 14 heavy (non-hydrogen) atoms. The Bertz CT molecular complexity index is 227. The molecule has 0 saturated carbocycles. The van der Waals surface area contributed by atoms with Crippen LogP contribution < -0.4 is 5.73 Å². The van der Waals surface area contributed by atoms with Gasteiger partial charge in [-0.25, -0.2) is 8.78 Å². The topological polar surface area (TPSA) is 46.3 Å². The summed E-state index contributed by atoms with van der Waals surface area (Å²) in [4.78, 5) is 13.0. The Balaban J connectivity index is 2.57. The zero-order chi connectivity index (χ0) is 10.9. The molecular weight excluding hydrogens is 190 g/mol. The number of hydrogen-bond acceptors (Lipinski definition) is 2. The van der Waals surface area contributed by atoms with Gasteiger partial charge in [0.15, 0.2) is 0 Å². The Labute approximate surface area is 82.2 Å². The van der Waals surface area contributed by atoms with Crippen LogP contribution in [0.4, 0.5) is 8.78 Å². The molecule has 0 aromatic rings. The number of likely N-dealkylation sites (tertiary alicyclic amines) is 1. The van der Waals surface area contributed by atoms with Gasteiger partial charge >= 0.3 is 0 Å². The standard InChI is InChI=1S/C9H16F2N2O/c1-6(9(2,10)11)8(14)13-4-3-7(12)5-13/h6-7H,3-5,12H2,1-2H3. The van der Waals surface area contributed by atoms with Crippen molar-refractivity contribution in [3.05, 3.63) is 0 Å². The van der Waals surface area contributed by atoms with E-state index in [2.05, 4.69) is 0 Å². The highest BCUT2D eigenvalue weighted by Gasteiger charge is 2.39. The van der Waals surface area contributed by atoms with Crippen molar-refractivity contribution < 1.29 is 13.6 Å². The quantitative estimate of drug-likeness (QED) is 0.727. The predicted octanol–water partition coefficient (Wildman–Crippen LogP) is 0.837. The van der Waals surface area contributed by atoms with Crippen LogP contribution in [0, 0.1) is 5.92 Å². The fraction of sp³-hybridized carbons (Fsp3) is 0.889. The Hall–Kier alpha value is -0.710. The number of carbonyl (C=O) groups excluding carboxylic acids is 1. The Morgan fingerprint density at radius 3 is 2.57 bits per heavy atom. The van der Waals surface area contributed by atoms with E-state index >= 15 is 0 Å². The SMILES string of the molecule is CC(C(=O)N1CCC(N)C1)C(C)(F)F. The Morgan fingerprint density at radius 1 is 1.64 bits per heavy atom. The summed E-state index contributed by atoms with van der Waals surface area (Å²) in [5, 5.41) is 0. The minimum absolute atomic E-state index is 0.0587. The first kappa shape index (κ1) is 11.4. The lowest BCUT2D eigenvalue weighted by Gasteiger charge is -2.24. The third-order valence-electron chi connectivity index (χ3n) is 2.67. The number of halogens is 2. The summed E-state index contributed by atoms with van der Waals surface area (Å²) < 4.78 is 25.7. The van der Waals surface area contributed by atoms with Crippen LogP contribution in [-0.4, -0.2) is 35.9 Å². The van der Waals surface area contributed by atoms with Crippen molar-refractivity contribution >= 4 is 5.91 Å². The number of carbonyl (C=O) groups is 1. The average molecular weight is 206 g/mol. The number of nitrogens with two attached hydrogens (primary N) is 1. The van der Waals surface area contributed by atoms with Crippen molar-refractivity contribution in [2.45, 2.75) is 32.2 Å². The number of nitrogens with zero attached hydrogens (tertiary/aromatic N) is 1. The van der Waals surface area contributed by atoms with E-state index in [0.29, 0.717) is 19.5 Å². The van der Waals surface area contributed by atoms with E-state index in [1.165, 1.54) is 11.8 Å². The molecule has 0 aromatic carbocycles. The van der Waals surface area contributed by atoms with Crippen LogP contribution in [0.1, 0.15) is 20.3 Å². The van der Waals surface area contributed by atoms with Crippen molar-refractivity contribution in [3.63, 3.8) is 0 Å². The summed E-state index contributed by atoms with van der Waals surface area (Å²) >= 11 is 0. The summed E-state index contributed by atoms with van der Waals surface area (Å²) in [7, 11) is 0. The van der Waals surface area contributed by atoms with Crippen LogP contribution in [0.25, 0.3) is 0 Å². The minimum atomic E-state index is -2.95. The maximum absolute atomic E-state index is 12.8. The van der Waals surface area contributed by atoms with Crippen LogP contribution in [0.2, 0.25) is 0 Å². The third-order valence-corrected chi connectivity index (χ3v) is 2.67. The molecule has 0 spiro atoms. The molecule has 1 rings (SSSR count). The van der Waals surface area contributed by atoms with Crippen LogP contribution in [0.5, 0.6) is 0 Å². The maximum atomic E-state index is 12.8. The molecule has 1 heterocycles. The van der Waals surface area contributed by atoms with Gasteiger partial charge in [-0.05, 0) is 13.3 Å². The van der Waals surface area contributed by atoms with Gasteiger partial charge in [-0.1, -0.05) is 0 Å². The largest absolute Gasteiger partial charge is 0.341 e. The average Bonchev–Trinajstić information content (AvgIpc) is 2.47. The van der Waals surface area contributed by atoms with Gasteiger partial charge in [0.05, 0.1) is 5.92 Å². The molecule has 1 aliphatic heterocycles. The molecule has 0 bridgehead atoms. The molecule has 1 fully saturated rings. The first-order chi connectivity index (χ1) is 6.32. The van der Waals surface area contributed by atoms with Crippen molar-refractivity contribution in [2.24, 2.45) is 11.7 Å². The number of rotatable bonds is 2. The Morgan fingerprint density at radius 2 is 2.21 bits per heavy atom. The number of hydrogen-bond donors (Lipinski definition) is 1. The second-order valence-corrected chi connectivity index (χ2v) is 4.01. The van der Waals surface area contributed by atoms with Crippen LogP contribution in [0.3, 0.4) is 0 Å². The van der Waals surface area contributed by atoms with Crippen molar-refractivity contribution in [2.75, 3.05) is 13.1 Å². The summed E-state index contributed by atoms with van der Waals surface area (Å²) in [6.07, 6.45) is 0.702. The van der Waals surface area contributed by atoms with Gasteiger partial charge in [-0.15, -0.1) is 0 Å². The van der Waals surface area contributed by atoms with E-state index < -0.39 is 17.7 Å². The van der Waals surface area contributed by atoms with E-state index in [4.69, 9.17) is 5.73 Å². The fourth-order valence-corrected chi connectivity index (χ4v) is 1.48. The normalized spacial score (nSPS) is 25.2. The van der Waals surface area contributed by atoms with Crippen LogP contribution in [-0.2, 0) is 4.79 Å². The second kappa shape index (κ2) is 3.81. The zero-order valence-electron chi connectivity index (χ0n) is 8.46. The fourth-order valence-electron chi connectivity index (χ4n) is 1.48.